The fourth-order valence-corrected chi connectivity index (χ4v) is 1.52. The van der Waals surface area contributed by atoms with Crippen LogP contribution in [0.5, 0.6) is 5.75 Å². The Morgan fingerprint density at radius 3 is 2.88 bits per heavy atom. The Morgan fingerprint density at radius 1 is 1.44 bits per heavy atom. The van der Waals surface area contributed by atoms with Crippen LogP contribution in [0, 0.1) is 0 Å². The topological polar surface area (TPSA) is 53.1 Å². The van der Waals surface area contributed by atoms with Gasteiger partial charge >= 0.3 is 0 Å². The summed E-state index contributed by atoms with van der Waals surface area (Å²) in [6, 6.07) is 7.05. The lowest BCUT2D eigenvalue weighted by Gasteiger charge is -2.07. The third kappa shape index (κ3) is 2.46. The zero-order valence-corrected chi connectivity index (χ0v) is 9.61. The molecule has 5 heteroatoms. The SMILES string of the molecule is Cn1ccc(COc2ccc(Cl)cc2N)n1. The van der Waals surface area contributed by atoms with Crippen molar-refractivity contribution in [1.82, 2.24) is 9.78 Å². The number of rotatable bonds is 3. The van der Waals surface area contributed by atoms with Gasteiger partial charge in [-0.1, -0.05) is 11.6 Å². The highest BCUT2D eigenvalue weighted by Gasteiger charge is 2.03. The Kier molecular flexibility index (Phi) is 3.01. The van der Waals surface area contributed by atoms with E-state index in [2.05, 4.69) is 5.10 Å². The number of nitrogen functional groups attached to an aromatic ring is 1. The molecule has 1 heterocycles. The van der Waals surface area contributed by atoms with E-state index in [-0.39, 0.29) is 0 Å². The Labute approximate surface area is 98.6 Å². The molecular weight excluding hydrogens is 226 g/mol. The third-order valence-electron chi connectivity index (χ3n) is 2.12. The molecule has 0 spiro atoms. The first-order chi connectivity index (χ1) is 7.65. The van der Waals surface area contributed by atoms with Crippen LogP contribution in [-0.2, 0) is 13.7 Å². The molecule has 0 fully saturated rings. The minimum Gasteiger partial charge on any atom is -0.485 e. The number of nitrogens with zero attached hydrogens (tertiary/aromatic N) is 2. The molecule has 0 unspecified atom stereocenters. The summed E-state index contributed by atoms with van der Waals surface area (Å²) >= 11 is 5.79. The lowest BCUT2D eigenvalue weighted by atomic mass is 10.3. The summed E-state index contributed by atoms with van der Waals surface area (Å²) in [6.45, 7) is 0.396. The maximum absolute atomic E-state index is 5.79. The molecule has 84 valence electrons. The van der Waals surface area contributed by atoms with Crippen LogP contribution in [-0.4, -0.2) is 9.78 Å². The zero-order valence-electron chi connectivity index (χ0n) is 8.85. The molecule has 0 saturated heterocycles. The summed E-state index contributed by atoms with van der Waals surface area (Å²) in [7, 11) is 1.86. The summed E-state index contributed by atoms with van der Waals surface area (Å²) < 4.78 is 7.26. The van der Waals surface area contributed by atoms with Gasteiger partial charge in [0.2, 0.25) is 0 Å². The second-order valence-corrected chi connectivity index (χ2v) is 3.89. The van der Waals surface area contributed by atoms with Crippen LogP contribution in [0.4, 0.5) is 5.69 Å². The van der Waals surface area contributed by atoms with Crippen molar-refractivity contribution in [3.05, 3.63) is 41.2 Å². The van der Waals surface area contributed by atoms with E-state index < -0.39 is 0 Å². The summed E-state index contributed by atoms with van der Waals surface area (Å²) in [5, 5.41) is 4.80. The van der Waals surface area contributed by atoms with Gasteiger partial charge in [0.1, 0.15) is 12.4 Å². The van der Waals surface area contributed by atoms with Gasteiger partial charge in [0.25, 0.3) is 0 Å². The first kappa shape index (κ1) is 10.8. The monoisotopic (exact) mass is 237 g/mol. The maximum Gasteiger partial charge on any atom is 0.142 e. The number of ether oxygens (including phenoxy) is 1. The average Bonchev–Trinajstić information content (AvgIpc) is 2.63. The summed E-state index contributed by atoms with van der Waals surface area (Å²) in [6.07, 6.45) is 1.86. The Hall–Kier alpha value is -1.68. The van der Waals surface area contributed by atoms with Crippen LogP contribution < -0.4 is 10.5 Å². The molecule has 2 aromatic rings. The van der Waals surface area contributed by atoms with Crippen LogP contribution in [0.25, 0.3) is 0 Å². The molecule has 2 rings (SSSR count). The molecule has 16 heavy (non-hydrogen) atoms. The first-order valence-corrected chi connectivity index (χ1v) is 5.19. The number of nitrogens with two attached hydrogens (primary N) is 1. The van der Waals surface area contributed by atoms with Gasteiger partial charge in [0.05, 0.1) is 11.4 Å². The number of hydrogen-bond acceptors (Lipinski definition) is 3. The van der Waals surface area contributed by atoms with E-state index in [0.717, 1.165) is 5.69 Å². The van der Waals surface area contributed by atoms with Crippen molar-refractivity contribution in [3.8, 4) is 5.75 Å². The van der Waals surface area contributed by atoms with Gasteiger partial charge < -0.3 is 10.5 Å². The molecule has 4 nitrogen and oxygen atoms in total. The molecule has 0 amide bonds. The minimum atomic E-state index is 0.396. The molecule has 1 aromatic heterocycles. The molecule has 1 aromatic carbocycles. The lowest BCUT2D eigenvalue weighted by molar-refractivity contribution is 0.301. The minimum absolute atomic E-state index is 0.396. The van der Waals surface area contributed by atoms with E-state index in [0.29, 0.717) is 23.1 Å². The number of aryl methyl sites for hydroxylation is 1. The number of halogens is 1. The Morgan fingerprint density at radius 2 is 2.25 bits per heavy atom. The fourth-order valence-electron chi connectivity index (χ4n) is 1.34. The molecule has 0 atom stereocenters. The molecular formula is C11H12ClN3O. The second kappa shape index (κ2) is 4.45. The van der Waals surface area contributed by atoms with Gasteiger partial charge in [0, 0.05) is 18.3 Å². The zero-order chi connectivity index (χ0) is 11.5. The van der Waals surface area contributed by atoms with E-state index in [1.807, 2.05) is 19.3 Å². The van der Waals surface area contributed by atoms with E-state index in [1.54, 1.807) is 22.9 Å². The average molecular weight is 238 g/mol. The predicted molar refractivity (Wildman–Crippen MR) is 63.4 cm³/mol. The van der Waals surface area contributed by atoms with E-state index in [9.17, 15) is 0 Å². The van der Waals surface area contributed by atoms with Gasteiger partial charge in [0.15, 0.2) is 0 Å². The fraction of sp³-hybridized carbons (Fsp3) is 0.182. The molecule has 2 N–H and O–H groups in total. The number of anilines is 1. The lowest BCUT2D eigenvalue weighted by Crippen LogP contribution is -2.00. The third-order valence-corrected chi connectivity index (χ3v) is 2.35. The van der Waals surface area contributed by atoms with Crippen LogP contribution in [0.3, 0.4) is 0 Å². The van der Waals surface area contributed by atoms with Gasteiger partial charge in [-0.05, 0) is 24.3 Å². The van der Waals surface area contributed by atoms with Crippen molar-refractivity contribution in [3.63, 3.8) is 0 Å². The maximum atomic E-state index is 5.79. The van der Waals surface area contributed by atoms with Gasteiger partial charge in [-0.2, -0.15) is 5.10 Å². The van der Waals surface area contributed by atoms with Crippen LogP contribution in [0.15, 0.2) is 30.5 Å². The molecule has 0 saturated carbocycles. The normalized spacial score (nSPS) is 10.4. The standard InChI is InChI=1S/C11H12ClN3O/c1-15-5-4-9(14-15)7-16-11-3-2-8(12)6-10(11)13/h2-6H,7,13H2,1H3. The predicted octanol–water partition coefficient (Wildman–Crippen LogP) is 2.23. The van der Waals surface area contributed by atoms with Crippen LogP contribution in [0.2, 0.25) is 5.02 Å². The molecule has 0 bridgehead atoms. The first-order valence-electron chi connectivity index (χ1n) is 4.81. The van der Waals surface area contributed by atoms with Crippen molar-refractivity contribution in [2.75, 3.05) is 5.73 Å². The highest BCUT2D eigenvalue weighted by molar-refractivity contribution is 6.30. The molecule has 0 aliphatic rings. The summed E-state index contributed by atoms with van der Waals surface area (Å²) in [5.41, 5.74) is 7.14. The van der Waals surface area contributed by atoms with Gasteiger partial charge in [-0.25, -0.2) is 0 Å². The van der Waals surface area contributed by atoms with Crippen LogP contribution >= 0.6 is 11.6 Å². The highest BCUT2D eigenvalue weighted by atomic mass is 35.5. The number of hydrogen-bond donors (Lipinski definition) is 1. The quantitative estimate of drug-likeness (QED) is 0.833. The van der Waals surface area contributed by atoms with Crippen LogP contribution in [0.1, 0.15) is 5.69 Å². The van der Waals surface area contributed by atoms with E-state index >= 15 is 0 Å². The van der Waals surface area contributed by atoms with Crippen molar-refractivity contribution in [2.45, 2.75) is 6.61 Å². The van der Waals surface area contributed by atoms with Crippen molar-refractivity contribution in [1.29, 1.82) is 0 Å². The van der Waals surface area contributed by atoms with Crippen molar-refractivity contribution < 1.29 is 4.74 Å². The Bertz CT molecular complexity index is 496. The largest absolute Gasteiger partial charge is 0.485 e. The van der Waals surface area contributed by atoms with Crippen molar-refractivity contribution in [2.24, 2.45) is 7.05 Å². The number of aromatic nitrogens is 2. The summed E-state index contributed by atoms with van der Waals surface area (Å²) in [4.78, 5) is 0. The molecule has 0 aliphatic heterocycles. The van der Waals surface area contributed by atoms with E-state index in [1.165, 1.54) is 0 Å². The molecule has 0 radical (unpaired) electrons. The van der Waals surface area contributed by atoms with Gasteiger partial charge in [-0.3, -0.25) is 4.68 Å². The second-order valence-electron chi connectivity index (χ2n) is 3.45. The smallest absolute Gasteiger partial charge is 0.142 e. The number of benzene rings is 1. The summed E-state index contributed by atoms with van der Waals surface area (Å²) in [5.74, 6) is 0.620. The Balaban J connectivity index is 2.04. The van der Waals surface area contributed by atoms with E-state index in [4.69, 9.17) is 22.1 Å². The van der Waals surface area contributed by atoms with Gasteiger partial charge in [-0.15, -0.1) is 0 Å². The highest BCUT2D eigenvalue weighted by Crippen LogP contribution is 2.25. The molecule has 0 aliphatic carbocycles. The van der Waals surface area contributed by atoms with Crippen molar-refractivity contribution >= 4 is 17.3 Å².